The average molecular weight is 288 g/mol. The monoisotopic (exact) mass is 287 g/mol. The summed E-state index contributed by atoms with van der Waals surface area (Å²) in [4.78, 5) is 0. The zero-order valence-electron chi connectivity index (χ0n) is 9.70. The van der Waals surface area contributed by atoms with Crippen molar-refractivity contribution in [3.63, 3.8) is 0 Å². The topological polar surface area (TPSA) is 30.5 Å². The molecule has 0 fully saturated rings. The van der Waals surface area contributed by atoms with Crippen molar-refractivity contribution in [2.75, 3.05) is 27.3 Å². The predicted molar refractivity (Wildman–Crippen MR) is 68.5 cm³/mol. The summed E-state index contributed by atoms with van der Waals surface area (Å²) in [6.07, 6.45) is 0.0916. The number of ether oxygens (including phenoxy) is 2. The maximum absolute atomic E-state index is 5.76. The molecule has 1 atom stereocenters. The van der Waals surface area contributed by atoms with Crippen molar-refractivity contribution < 1.29 is 9.47 Å². The van der Waals surface area contributed by atoms with E-state index >= 15 is 0 Å². The molecule has 0 aromatic heterocycles. The first-order valence-electron chi connectivity index (χ1n) is 5.26. The molecule has 0 spiro atoms. The van der Waals surface area contributed by atoms with E-state index < -0.39 is 0 Å². The molecular formula is C12H18BrNO2. The number of halogens is 1. The van der Waals surface area contributed by atoms with Gasteiger partial charge in [0.15, 0.2) is 0 Å². The molecule has 0 amide bonds. The van der Waals surface area contributed by atoms with Crippen LogP contribution in [-0.2, 0) is 16.1 Å². The Morgan fingerprint density at radius 2 is 2.25 bits per heavy atom. The number of methoxy groups -OCH3 is 1. The summed E-state index contributed by atoms with van der Waals surface area (Å²) < 4.78 is 11.9. The van der Waals surface area contributed by atoms with Gasteiger partial charge in [0.1, 0.15) is 0 Å². The van der Waals surface area contributed by atoms with E-state index in [9.17, 15) is 0 Å². The summed E-state index contributed by atoms with van der Waals surface area (Å²) in [6, 6.07) is 8.12. The molecule has 0 heterocycles. The number of hydrogen-bond donors (Lipinski definition) is 1. The molecule has 0 saturated carbocycles. The zero-order chi connectivity index (χ0) is 11.8. The Morgan fingerprint density at radius 3 is 2.88 bits per heavy atom. The lowest BCUT2D eigenvalue weighted by Gasteiger charge is -2.16. The lowest BCUT2D eigenvalue weighted by atomic mass is 10.2. The number of nitrogens with one attached hydrogen (secondary N) is 1. The van der Waals surface area contributed by atoms with Gasteiger partial charge in [-0.25, -0.2) is 0 Å². The van der Waals surface area contributed by atoms with Crippen molar-refractivity contribution in [2.45, 2.75) is 12.7 Å². The molecule has 16 heavy (non-hydrogen) atoms. The number of benzene rings is 1. The highest BCUT2D eigenvalue weighted by molar-refractivity contribution is 9.10. The minimum atomic E-state index is 0.0916. The van der Waals surface area contributed by atoms with Crippen LogP contribution in [0, 0.1) is 0 Å². The second kappa shape index (κ2) is 7.79. The Balaban J connectivity index is 2.41. The Morgan fingerprint density at radius 1 is 1.44 bits per heavy atom. The third-order valence-corrected chi connectivity index (χ3v) is 2.65. The predicted octanol–water partition coefficient (Wildman–Crippen LogP) is 2.20. The summed E-state index contributed by atoms with van der Waals surface area (Å²) in [5.74, 6) is 0. The summed E-state index contributed by atoms with van der Waals surface area (Å²) in [7, 11) is 3.59. The SMILES string of the molecule is CNCC(COC)OCc1cccc(Br)c1. The molecule has 4 heteroatoms. The number of rotatable bonds is 7. The van der Waals surface area contributed by atoms with E-state index in [1.807, 2.05) is 25.2 Å². The van der Waals surface area contributed by atoms with Gasteiger partial charge in [-0.1, -0.05) is 28.1 Å². The van der Waals surface area contributed by atoms with Crippen LogP contribution in [0.3, 0.4) is 0 Å². The maximum atomic E-state index is 5.76. The molecule has 1 rings (SSSR count). The fraction of sp³-hybridized carbons (Fsp3) is 0.500. The molecule has 0 saturated heterocycles. The molecule has 1 N–H and O–H groups in total. The summed E-state index contributed by atoms with van der Waals surface area (Å²) in [6.45, 7) is 2.01. The fourth-order valence-electron chi connectivity index (χ4n) is 1.42. The van der Waals surface area contributed by atoms with Crippen LogP contribution in [0.1, 0.15) is 5.56 Å². The third kappa shape index (κ3) is 5.07. The standard InChI is InChI=1S/C12H18BrNO2/c1-14-7-12(9-15-2)16-8-10-4-3-5-11(13)6-10/h3-6,12,14H,7-9H2,1-2H3. The third-order valence-electron chi connectivity index (χ3n) is 2.16. The van der Waals surface area contributed by atoms with Gasteiger partial charge in [0.2, 0.25) is 0 Å². The van der Waals surface area contributed by atoms with Gasteiger partial charge < -0.3 is 14.8 Å². The smallest absolute Gasteiger partial charge is 0.0936 e. The molecule has 0 aliphatic heterocycles. The van der Waals surface area contributed by atoms with Crippen molar-refractivity contribution in [1.29, 1.82) is 0 Å². The maximum Gasteiger partial charge on any atom is 0.0936 e. The summed E-state index contributed by atoms with van der Waals surface area (Å²) in [5.41, 5.74) is 1.16. The van der Waals surface area contributed by atoms with Gasteiger partial charge in [-0.3, -0.25) is 0 Å². The van der Waals surface area contributed by atoms with Crippen LogP contribution in [0.15, 0.2) is 28.7 Å². The number of hydrogen-bond acceptors (Lipinski definition) is 3. The van der Waals surface area contributed by atoms with Gasteiger partial charge >= 0.3 is 0 Å². The highest BCUT2D eigenvalue weighted by atomic mass is 79.9. The van der Waals surface area contributed by atoms with Crippen LogP contribution >= 0.6 is 15.9 Å². The summed E-state index contributed by atoms with van der Waals surface area (Å²) >= 11 is 3.44. The van der Waals surface area contributed by atoms with E-state index in [0.717, 1.165) is 16.6 Å². The molecule has 3 nitrogen and oxygen atoms in total. The molecular weight excluding hydrogens is 270 g/mol. The first kappa shape index (κ1) is 13.6. The molecule has 0 aliphatic rings. The molecule has 0 radical (unpaired) electrons. The van der Waals surface area contributed by atoms with Crippen LogP contribution in [0.4, 0.5) is 0 Å². The molecule has 0 aliphatic carbocycles. The van der Waals surface area contributed by atoms with Gasteiger partial charge in [0.05, 0.1) is 19.3 Å². The van der Waals surface area contributed by atoms with Crippen LogP contribution < -0.4 is 5.32 Å². The van der Waals surface area contributed by atoms with Gasteiger partial charge in [0.25, 0.3) is 0 Å². The van der Waals surface area contributed by atoms with Gasteiger partial charge in [0, 0.05) is 18.1 Å². The van der Waals surface area contributed by atoms with E-state index in [0.29, 0.717) is 13.2 Å². The van der Waals surface area contributed by atoms with Crippen LogP contribution in [0.5, 0.6) is 0 Å². The Labute approximate surface area is 105 Å². The van der Waals surface area contributed by atoms with Crippen LogP contribution in [0.2, 0.25) is 0 Å². The van der Waals surface area contributed by atoms with Gasteiger partial charge in [-0.2, -0.15) is 0 Å². The minimum absolute atomic E-state index is 0.0916. The quantitative estimate of drug-likeness (QED) is 0.834. The van der Waals surface area contributed by atoms with Crippen molar-refractivity contribution in [3.8, 4) is 0 Å². The van der Waals surface area contributed by atoms with Crippen molar-refractivity contribution in [3.05, 3.63) is 34.3 Å². The van der Waals surface area contributed by atoms with E-state index in [-0.39, 0.29) is 6.10 Å². The molecule has 1 aromatic rings. The largest absolute Gasteiger partial charge is 0.382 e. The fourth-order valence-corrected chi connectivity index (χ4v) is 1.87. The zero-order valence-corrected chi connectivity index (χ0v) is 11.3. The van der Waals surface area contributed by atoms with E-state index in [4.69, 9.17) is 9.47 Å². The molecule has 1 aromatic carbocycles. The average Bonchev–Trinajstić information content (AvgIpc) is 2.27. The van der Waals surface area contributed by atoms with E-state index in [1.165, 1.54) is 0 Å². The lowest BCUT2D eigenvalue weighted by Crippen LogP contribution is -2.30. The van der Waals surface area contributed by atoms with Crippen LogP contribution in [0.25, 0.3) is 0 Å². The molecule has 0 bridgehead atoms. The van der Waals surface area contributed by atoms with Crippen molar-refractivity contribution >= 4 is 15.9 Å². The van der Waals surface area contributed by atoms with Crippen molar-refractivity contribution in [2.24, 2.45) is 0 Å². The number of likely N-dealkylation sites (N-methyl/N-ethyl adjacent to an activating group) is 1. The Bertz CT molecular complexity index is 301. The second-order valence-corrected chi connectivity index (χ2v) is 4.49. The summed E-state index contributed by atoms with van der Waals surface area (Å²) in [5, 5.41) is 3.09. The highest BCUT2D eigenvalue weighted by Crippen LogP contribution is 2.12. The van der Waals surface area contributed by atoms with Crippen LogP contribution in [-0.4, -0.2) is 33.4 Å². The van der Waals surface area contributed by atoms with Gasteiger partial charge in [-0.05, 0) is 24.7 Å². The second-order valence-electron chi connectivity index (χ2n) is 3.58. The Hall–Kier alpha value is -0.420. The van der Waals surface area contributed by atoms with Crippen molar-refractivity contribution in [1.82, 2.24) is 5.32 Å². The Kier molecular flexibility index (Phi) is 6.64. The van der Waals surface area contributed by atoms with E-state index in [1.54, 1.807) is 7.11 Å². The lowest BCUT2D eigenvalue weighted by molar-refractivity contribution is -0.00920. The first-order valence-corrected chi connectivity index (χ1v) is 6.05. The molecule has 1 unspecified atom stereocenters. The first-order chi connectivity index (χ1) is 7.76. The van der Waals surface area contributed by atoms with Gasteiger partial charge in [-0.15, -0.1) is 0 Å². The minimum Gasteiger partial charge on any atom is -0.382 e. The van der Waals surface area contributed by atoms with E-state index in [2.05, 4.69) is 27.3 Å². The molecule has 90 valence electrons. The highest BCUT2D eigenvalue weighted by Gasteiger charge is 2.07. The normalized spacial score (nSPS) is 12.7.